The Balaban J connectivity index is 1.94. The van der Waals surface area contributed by atoms with Gasteiger partial charge in [0.25, 0.3) is 0 Å². The minimum Gasteiger partial charge on any atom is -0.480 e. The molecule has 1 aromatic heterocycles. The van der Waals surface area contributed by atoms with Crippen molar-refractivity contribution in [2.75, 3.05) is 13.1 Å². The molecule has 1 aromatic rings. The van der Waals surface area contributed by atoms with Crippen LogP contribution in [0.1, 0.15) is 24.2 Å². The Kier molecular flexibility index (Phi) is 3.19. The Morgan fingerprint density at radius 2 is 2.31 bits per heavy atom. The second-order valence-electron chi connectivity index (χ2n) is 4.30. The topological polar surface area (TPSA) is 79.5 Å². The lowest BCUT2D eigenvalue weighted by Crippen LogP contribution is -2.31. The van der Waals surface area contributed by atoms with Crippen molar-refractivity contribution in [3.63, 3.8) is 0 Å². The number of hydrogen-bond acceptors (Lipinski definition) is 5. The molecule has 0 saturated heterocycles. The van der Waals surface area contributed by atoms with Crippen molar-refractivity contribution in [2.45, 2.75) is 26.3 Å². The van der Waals surface area contributed by atoms with Crippen molar-refractivity contribution in [1.82, 2.24) is 15.2 Å². The van der Waals surface area contributed by atoms with Gasteiger partial charge in [-0.15, -0.1) is 0 Å². The minimum atomic E-state index is -0.810. The Bertz CT molecular complexity index is 373. The fraction of sp³-hybridized carbons (Fsp3) is 0.700. The lowest BCUT2D eigenvalue weighted by molar-refractivity contribution is -0.138. The monoisotopic (exact) mass is 225 g/mol. The fourth-order valence-corrected chi connectivity index (χ4v) is 1.65. The molecule has 0 bridgehead atoms. The maximum Gasteiger partial charge on any atom is 0.317 e. The first kappa shape index (κ1) is 11.1. The molecule has 0 atom stereocenters. The molecule has 0 spiro atoms. The van der Waals surface area contributed by atoms with E-state index < -0.39 is 5.97 Å². The van der Waals surface area contributed by atoms with Crippen LogP contribution >= 0.6 is 0 Å². The van der Waals surface area contributed by atoms with E-state index in [1.807, 2.05) is 11.8 Å². The van der Waals surface area contributed by atoms with Crippen LogP contribution in [0.3, 0.4) is 0 Å². The molecule has 0 aromatic carbocycles. The van der Waals surface area contributed by atoms with Gasteiger partial charge in [0, 0.05) is 13.1 Å². The molecule has 1 aliphatic rings. The standard InChI is InChI=1S/C10H15N3O3/c1-7-9(12-16-11-7)5-13(6-10(14)15)4-8-2-3-8/h8H,2-6H2,1H3,(H,14,15). The highest BCUT2D eigenvalue weighted by atomic mass is 16.6. The van der Waals surface area contributed by atoms with Crippen LogP contribution in [0.5, 0.6) is 0 Å². The van der Waals surface area contributed by atoms with E-state index in [0.717, 1.165) is 17.9 Å². The van der Waals surface area contributed by atoms with E-state index in [1.54, 1.807) is 0 Å². The lowest BCUT2D eigenvalue weighted by Gasteiger charge is -2.18. The van der Waals surface area contributed by atoms with E-state index in [0.29, 0.717) is 12.5 Å². The SMILES string of the molecule is Cc1nonc1CN(CC(=O)O)CC1CC1. The second-order valence-corrected chi connectivity index (χ2v) is 4.30. The van der Waals surface area contributed by atoms with E-state index in [1.165, 1.54) is 12.8 Å². The summed E-state index contributed by atoms with van der Waals surface area (Å²) in [5.41, 5.74) is 1.45. The van der Waals surface area contributed by atoms with Crippen molar-refractivity contribution in [1.29, 1.82) is 0 Å². The van der Waals surface area contributed by atoms with Crippen molar-refractivity contribution in [3.05, 3.63) is 11.4 Å². The minimum absolute atomic E-state index is 0.0444. The largest absolute Gasteiger partial charge is 0.480 e. The zero-order valence-corrected chi connectivity index (χ0v) is 9.22. The molecule has 16 heavy (non-hydrogen) atoms. The molecule has 1 saturated carbocycles. The van der Waals surface area contributed by atoms with Gasteiger partial charge in [-0.05, 0) is 25.7 Å². The third-order valence-electron chi connectivity index (χ3n) is 2.69. The first-order chi connectivity index (χ1) is 7.65. The van der Waals surface area contributed by atoms with Gasteiger partial charge in [0.1, 0.15) is 11.4 Å². The van der Waals surface area contributed by atoms with Crippen LogP contribution in [0.25, 0.3) is 0 Å². The number of carboxylic acids is 1. The third kappa shape index (κ3) is 3.03. The smallest absolute Gasteiger partial charge is 0.317 e. The van der Waals surface area contributed by atoms with Crippen molar-refractivity contribution >= 4 is 5.97 Å². The molecule has 2 rings (SSSR count). The Hall–Kier alpha value is -1.43. The summed E-state index contributed by atoms with van der Waals surface area (Å²) in [5.74, 6) is -0.158. The molecule has 0 unspecified atom stereocenters. The van der Waals surface area contributed by atoms with Gasteiger partial charge in [-0.1, -0.05) is 10.3 Å². The van der Waals surface area contributed by atoms with Gasteiger partial charge in [0.05, 0.1) is 6.54 Å². The van der Waals surface area contributed by atoms with Gasteiger partial charge in [0.15, 0.2) is 0 Å². The van der Waals surface area contributed by atoms with E-state index in [2.05, 4.69) is 14.9 Å². The third-order valence-corrected chi connectivity index (χ3v) is 2.69. The summed E-state index contributed by atoms with van der Waals surface area (Å²) >= 11 is 0. The van der Waals surface area contributed by atoms with Crippen molar-refractivity contribution < 1.29 is 14.5 Å². The van der Waals surface area contributed by atoms with E-state index in [-0.39, 0.29) is 6.54 Å². The maximum atomic E-state index is 10.7. The highest BCUT2D eigenvalue weighted by Gasteiger charge is 2.26. The van der Waals surface area contributed by atoms with E-state index >= 15 is 0 Å². The zero-order chi connectivity index (χ0) is 11.5. The molecule has 1 N–H and O–H groups in total. The van der Waals surface area contributed by atoms with Crippen LogP contribution in [-0.2, 0) is 11.3 Å². The van der Waals surface area contributed by atoms with Gasteiger partial charge >= 0.3 is 5.97 Å². The zero-order valence-electron chi connectivity index (χ0n) is 9.22. The molecular weight excluding hydrogens is 210 g/mol. The summed E-state index contributed by atoms with van der Waals surface area (Å²) in [6.07, 6.45) is 2.40. The predicted molar refractivity (Wildman–Crippen MR) is 54.7 cm³/mol. The summed E-state index contributed by atoms with van der Waals surface area (Å²) < 4.78 is 4.60. The number of nitrogens with zero attached hydrogens (tertiary/aromatic N) is 3. The molecule has 6 heteroatoms. The van der Waals surface area contributed by atoms with Crippen molar-refractivity contribution in [2.24, 2.45) is 5.92 Å². The van der Waals surface area contributed by atoms with E-state index in [9.17, 15) is 4.79 Å². The van der Waals surface area contributed by atoms with Crippen LogP contribution < -0.4 is 0 Å². The number of aryl methyl sites for hydroxylation is 1. The first-order valence-electron chi connectivity index (χ1n) is 5.37. The summed E-state index contributed by atoms with van der Waals surface area (Å²) in [6, 6.07) is 0. The van der Waals surface area contributed by atoms with Crippen LogP contribution in [0, 0.1) is 12.8 Å². The van der Waals surface area contributed by atoms with Crippen LogP contribution in [0.15, 0.2) is 4.63 Å². The fourth-order valence-electron chi connectivity index (χ4n) is 1.65. The lowest BCUT2D eigenvalue weighted by atomic mass is 10.3. The molecule has 88 valence electrons. The van der Waals surface area contributed by atoms with E-state index in [4.69, 9.17) is 5.11 Å². The quantitative estimate of drug-likeness (QED) is 0.766. The van der Waals surface area contributed by atoms with Gasteiger partial charge in [-0.3, -0.25) is 9.69 Å². The van der Waals surface area contributed by atoms with Crippen LogP contribution in [0.4, 0.5) is 0 Å². The number of carboxylic acid groups (broad SMARTS) is 1. The average Bonchev–Trinajstić information content (AvgIpc) is 2.91. The van der Waals surface area contributed by atoms with Gasteiger partial charge in [0.2, 0.25) is 0 Å². The Morgan fingerprint density at radius 3 is 2.81 bits per heavy atom. The summed E-state index contributed by atoms with van der Waals surface area (Å²) in [7, 11) is 0. The highest BCUT2D eigenvalue weighted by molar-refractivity contribution is 5.69. The number of hydrogen-bond donors (Lipinski definition) is 1. The molecule has 0 radical (unpaired) electrons. The highest BCUT2D eigenvalue weighted by Crippen LogP contribution is 2.30. The molecular formula is C10H15N3O3. The number of rotatable bonds is 6. The Morgan fingerprint density at radius 1 is 1.56 bits per heavy atom. The number of aliphatic carboxylic acids is 1. The van der Waals surface area contributed by atoms with Crippen molar-refractivity contribution in [3.8, 4) is 0 Å². The number of aromatic nitrogens is 2. The summed E-state index contributed by atoms with van der Waals surface area (Å²) in [6.45, 7) is 3.17. The first-order valence-corrected chi connectivity index (χ1v) is 5.37. The normalized spacial score (nSPS) is 15.6. The van der Waals surface area contributed by atoms with Crippen LogP contribution in [-0.4, -0.2) is 39.4 Å². The predicted octanol–water partition coefficient (Wildman–Crippen LogP) is 0.675. The molecule has 1 aliphatic carbocycles. The molecule has 0 amide bonds. The molecule has 1 heterocycles. The van der Waals surface area contributed by atoms with Gasteiger partial charge < -0.3 is 5.11 Å². The molecule has 6 nitrogen and oxygen atoms in total. The summed E-state index contributed by atoms with van der Waals surface area (Å²) in [5, 5.41) is 16.3. The van der Waals surface area contributed by atoms with Gasteiger partial charge in [-0.25, -0.2) is 4.63 Å². The van der Waals surface area contributed by atoms with Gasteiger partial charge in [-0.2, -0.15) is 0 Å². The second kappa shape index (κ2) is 4.61. The maximum absolute atomic E-state index is 10.7. The average molecular weight is 225 g/mol. The van der Waals surface area contributed by atoms with Crippen LogP contribution in [0.2, 0.25) is 0 Å². The summed E-state index contributed by atoms with van der Waals surface area (Å²) in [4.78, 5) is 12.6. The molecule has 1 fully saturated rings. The molecule has 0 aliphatic heterocycles. The Labute approximate surface area is 93.2 Å². The number of carbonyl (C=O) groups is 1.